The van der Waals surface area contributed by atoms with Crippen molar-refractivity contribution in [2.24, 2.45) is 11.8 Å². The van der Waals surface area contributed by atoms with Crippen LogP contribution in [-0.4, -0.2) is 88.7 Å². The minimum Gasteiger partial charge on any atom is -0.507 e. The van der Waals surface area contributed by atoms with E-state index in [-0.39, 0.29) is 65.0 Å². The number of hydrogen-bond donors (Lipinski definition) is 3. The van der Waals surface area contributed by atoms with E-state index in [4.69, 9.17) is 23.7 Å². The zero-order valence-corrected chi connectivity index (χ0v) is 49.1. The third-order valence-electron chi connectivity index (χ3n) is 18.7. The first kappa shape index (κ1) is 57.0. The molecule has 10 heteroatoms. The highest BCUT2D eigenvalue weighted by Crippen LogP contribution is 2.51. The Balaban J connectivity index is 0.891. The lowest BCUT2D eigenvalue weighted by atomic mass is 9.77. The van der Waals surface area contributed by atoms with E-state index >= 15 is 0 Å². The van der Waals surface area contributed by atoms with Crippen molar-refractivity contribution in [1.29, 1.82) is 0 Å². The lowest BCUT2D eigenvalue weighted by molar-refractivity contribution is -0.401. The molecule has 11 unspecified atom stereocenters. The van der Waals surface area contributed by atoms with Gasteiger partial charge in [0.25, 0.3) is 0 Å². The predicted octanol–water partition coefficient (Wildman–Crippen LogP) is 15.0. The molecule has 428 valence electrons. The molecule has 4 heterocycles. The number of benzene rings is 5. The number of phenols is 1. The van der Waals surface area contributed by atoms with Gasteiger partial charge in [-0.2, -0.15) is 4.58 Å². The number of anilines is 1. The molecule has 5 aromatic rings. The molecular weight excluding hydrogens is 1010 g/mol. The van der Waals surface area contributed by atoms with Crippen molar-refractivity contribution in [3.63, 3.8) is 0 Å². The number of likely N-dealkylation sites (N-methyl/N-ethyl adjacent to an activating group) is 1. The molecule has 6 aliphatic rings. The SMILES string of the molecule is CCC(O)CC1CC(CCC2CC(CCCC(C)O)OC(c3ccccc3O)O2)OC(C2CC=CC=C2OC2/C(=C/C=C3/N(C)c4ccc5ccccc5c4C3(C)C)CCCC2/C=C/C2=[N+](C)c3ccc4ccccc4c3C2(C)C)O1. The van der Waals surface area contributed by atoms with E-state index in [9.17, 15) is 15.3 Å². The molecule has 81 heavy (non-hydrogen) atoms. The van der Waals surface area contributed by atoms with Gasteiger partial charge in [0.1, 0.15) is 24.7 Å². The van der Waals surface area contributed by atoms with Gasteiger partial charge in [-0.15, -0.1) is 0 Å². The molecule has 11 rings (SSSR count). The highest BCUT2D eigenvalue weighted by molar-refractivity contribution is 6.07. The van der Waals surface area contributed by atoms with E-state index in [2.05, 4.69) is 167 Å². The monoisotopic (exact) mass is 1100 g/mol. The van der Waals surface area contributed by atoms with Crippen LogP contribution in [0.25, 0.3) is 21.5 Å². The average molecular weight is 1100 g/mol. The summed E-state index contributed by atoms with van der Waals surface area (Å²) < 4.78 is 37.3. The highest BCUT2D eigenvalue weighted by atomic mass is 16.7. The first-order valence-corrected chi connectivity index (χ1v) is 30.4. The van der Waals surface area contributed by atoms with Gasteiger partial charge < -0.3 is 43.9 Å². The third kappa shape index (κ3) is 11.8. The maximum Gasteiger partial charge on any atom is 0.210 e. The van der Waals surface area contributed by atoms with Crippen LogP contribution in [0.5, 0.6) is 5.75 Å². The van der Waals surface area contributed by atoms with Crippen molar-refractivity contribution in [2.75, 3.05) is 19.0 Å². The Bertz CT molecular complexity index is 3270. The largest absolute Gasteiger partial charge is 0.507 e. The van der Waals surface area contributed by atoms with Crippen LogP contribution >= 0.6 is 0 Å². The molecule has 3 fully saturated rings. The van der Waals surface area contributed by atoms with Crippen molar-refractivity contribution >= 4 is 38.6 Å². The number of hydrogen-bond acceptors (Lipinski definition) is 9. The van der Waals surface area contributed by atoms with Crippen LogP contribution in [0.15, 0.2) is 157 Å². The Morgan fingerprint density at radius 1 is 0.778 bits per heavy atom. The van der Waals surface area contributed by atoms with Crippen molar-refractivity contribution in [3.8, 4) is 5.75 Å². The summed E-state index contributed by atoms with van der Waals surface area (Å²) in [6.45, 7) is 13.3. The third-order valence-corrected chi connectivity index (χ3v) is 18.7. The quantitative estimate of drug-likeness (QED) is 0.0784. The Hall–Kier alpha value is -5.85. The minimum absolute atomic E-state index is 0.0776. The number of aliphatic hydroxyl groups excluding tert-OH is 2. The summed E-state index contributed by atoms with van der Waals surface area (Å²) in [5.41, 5.74) is 9.18. The van der Waals surface area contributed by atoms with Crippen LogP contribution in [0.2, 0.25) is 0 Å². The fourth-order valence-corrected chi connectivity index (χ4v) is 14.4. The molecule has 4 aliphatic heterocycles. The van der Waals surface area contributed by atoms with Crippen molar-refractivity contribution in [1.82, 2.24) is 0 Å². The van der Waals surface area contributed by atoms with Crippen LogP contribution in [0.4, 0.5) is 11.4 Å². The molecule has 10 nitrogen and oxygen atoms in total. The molecular formula is C71H87N2O8+. The zero-order valence-electron chi connectivity index (χ0n) is 49.1. The normalized spacial score (nSPS) is 28.9. The molecule has 0 spiro atoms. The first-order chi connectivity index (χ1) is 39.1. The van der Waals surface area contributed by atoms with Gasteiger partial charge in [0.2, 0.25) is 5.69 Å². The van der Waals surface area contributed by atoms with Crippen molar-refractivity contribution in [3.05, 3.63) is 173 Å². The minimum atomic E-state index is -0.701. The van der Waals surface area contributed by atoms with Gasteiger partial charge in [0.15, 0.2) is 18.3 Å². The van der Waals surface area contributed by atoms with Gasteiger partial charge in [-0.1, -0.05) is 118 Å². The summed E-state index contributed by atoms with van der Waals surface area (Å²) in [5, 5.41) is 37.2. The molecule has 11 atom stereocenters. The van der Waals surface area contributed by atoms with Gasteiger partial charge in [0, 0.05) is 65.9 Å². The topological polar surface area (TPSA) is 113 Å². The maximum atomic E-state index is 11.1. The Morgan fingerprint density at radius 2 is 1.44 bits per heavy atom. The number of allylic oxidation sites excluding steroid dienone is 7. The zero-order chi connectivity index (χ0) is 56.6. The summed E-state index contributed by atoms with van der Waals surface area (Å²) in [6.07, 6.45) is 23.0. The number of aromatic hydroxyl groups is 1. The van der Waals surface area contributed by atoms with Gasteiger partial charge in [-0.05, 0) is 154 Å². The van der Waals surface area contributed by atoms with E-state index < -0.39 is 18.7 Å². The van der Waals surface area contributed by atoms with Crippen LogP contribution in [-0.2, 0) is 34.5 Å². The second kappa shape index (κ2) is 24.2. The summed E-state index contributed by atoms with van der Waals surface area (Å²) in [6, 6.07) is 33.8. The van der Waals surface area contributed by atoms with Crippen LogP contribution < -0.4 is 4.90 Å². The lowest BCUT2D eigenvalue weighted by Gasteiger charge is -2.42. The highest BCUT2D eigenvalue weighted by Gasteiger charge is 2.46. The molecule has 0 radical (unpaired) electrons. The second-order valence-corrected chi connectivity index (χ2v) is 25.1. The summed E-state index contributed by atoms with van der Waals surface area (Å²) in [7, 11) is 4.42. The molecule has 3 N–H and O–H groups in total. The Morgan fingerprint density at radius 3 is 2.19 bits per heavy atom. The summed E-state index contributed by atoms with van der Waals surface area (Å²) in [4.78, 5) is 2.38. The van der Waals surface area contributed by atoms with E-state index in [1.165, 1.54) is 61.0 Å². The van der Waals surface area contributed by atoms with E-state index in [1.54, 1.807) is 6.07 Å². The number of nitrogens with zero attached hydrogens (tertiary/aromatic N) is 2. The van der Waals surface area contributed by atoms with Gasteiger partial charge >= 0.3 is 0 Å². The van der Waals surface area contributed by atoms with Gasteiger partial charge in [-0.3, -0.25) is 0 Å². The number of para-hydroxylation sites is 1. The molecule has 2 saturated heterocycles. The Kier molecular flexibility index (Phi) is 17.0. The molecule has 1 saturated carbocycles. The van der Waals surface area contributed by atoms with Crippen LogP contribution in [0.1, 0.15) is 148 Å². The van der Waals surface area contributed by atoms with Gasteiger partial charge in [0.05, 0.1) is 48.0 Å². The molecule has 0 bridgehead atoms. The lowest BCUT2D eigenvalue weighted by Crippen LogP contribution is -2.45. The predicted molar refractivity (Wildman–Crippen MR) is 325 cm³/mol. The number of fused-ring (bicyclic) bond motifs is 6. The van der Waals surface area contributed by atoms with Crippen LogP contribution in [0, 0.1) is 11.8 Å². The fraction of sp³-hybridized carbons (Fsp3) is 0.479. The Labute approximate surface area is 481 Å². The average Bonchev–Trinajstić information content (AvgIpc) is 4.03. The van der Waals surface area contributed by atoms with Crippen molar-refractivity contribution < 1.29 is 43.6 Å². The number of ether oxygens (including phenoxy) is 5. The van der Waals surface area contributed by atoms with Gasteiger partial charge in [-0.25, -0.2) is 0 Å². The molecule has 0 amide bonds. The molecule has 5 aromatic carbocycles. The summed E-state index contributed by atoms with van der Waals surface area (Å²) in [5.74, 6) is 0.875. The van der Waals surface area contributed by atoms with E-state index in [0.29, 0.717) is 44.1 Å². The summed E-state index contributed by atoms with van der Waals surface area (Å²) >= 11 is 0. The molecule has 2 aliphatic carbocycles. The maximum absolute atomic E-state index is 11.1. The standard InChI is InChI=1S/C71H86N2O8/c1-9-50(75)42-54-44-53(37-36-52-43-51(25-18-20-45(2)74)77-68(78-52)57-28-14-16-30-61(57)76)79-69(80-54)58-29-15-17-31-62(58)81-67-48(34-40-63-70(3,4)65-55-26-12-10-21-46(55)32-38-59(65)72(63)7)23-19-24-49(67)35-41-64-71(5,6)66-56-27-13-11-22-47(56)33-39-60(66)73(64)8/h10-17,21-22,26-28,30-35,38-41,45,48,50-54,58,67-69,74-75H,9,18-20,23-25,29,36-37,42-44H2,1-8H3/p+1/b40-34+,49-35+,64-41+. The number of aliphatic hydroxyl groups is 2. The first-order valence-electron chi connectivity index (χ1n) is 30.4. The van der Waals surface area contributed by atoms with E-state index in [0.717, 1.165) is 50.7 Å². The van der Waals surface area contributed by atoms with Crippen molar-refractivity contribution in [2.45, 2.75) is 191 Å². The number of phenolic OH excluding ortho intramolecular Hbond substituents is 1. The second-order valence-electron chi connectivity index (χ2n) is 25.1. The smallest absolute Gasteiger partial charge is 0.210 e. The fourth-order valence-electron chi connectivity index (χ4n) is 14.4. The molecule has 0 aromatic heterocycles. The van der Waals surface area contributed by atoms with E-state index in [1.807, 2.05) is 32.0 Å². The van der Waals surface area contributed by atoms with Crippen LogP contribution in [0.3, 0.4) is 0 Å². The number of rotatable bonds is 17.